The fraction of sp³-hybridized carbons (Fsp3) is 0.231. The SMILES string of the molecule is COc1c(NC(=O)c2ccc(F)c(C(F)(F)F)c2)cccc1C(=O)Nc1c(Cl)cc(C(F)(C(F)(F)F)C(F)(F)F)cc1OC(F)F. The van der Waals surface area contributed by atoms with Crippen molar-refractivity contribution in [3.05, 3.63) is 81.6 Å². The standard InChI is InChI=1S/C26H14ClF13N2O4/c1-45-19-12(3-2-4-16(19)41-20(43)10-5-6-15(28)13(7-10)24(32,33)34)21(44)42-18-14(27)8-11(9-17(18)46-22(29)30)23(31,25(35,36)37)26(38,39)40/h2-9,22H,1H3,(H,41,43)(H,42,44). The third-order valence-corrected chi connectivity index (χ3v) is 6.23. The molecular weight excluding hydrogens is 687 g/mol. The lowest BCUT2D eigenvalue weighted by Gasteiger charge is -2.31. The Balaban J connectivity index is 2.04. The van der Waals surface area contributed by atoms with Crippen LogP contribution in [-0.4, -0.2) is 37.9 Å². The van der Waals surface area contributed by atoms with Gasteiger partial charge in [-0.2, -0.15) is 48.3 Å². The molecule has 2 amide bonds. The summed E-state index contributed by atoms with van der Waals surface area (Å²) in [6.07, 6.45) is -18.5. The molecular formula is C26H14ClF13N2O4. The second kappa shape index (κ2) is 12.8. The molecule has 0 aliphatic carbocycles. The number of carbonyl (C=O) groups is 2. The molecule has 0 aromatic heterocycles. The lowest BCUT2D eigenvalue weighted by Crippen LogP contribution is -2.50. The summed E-state index contributed by atoms with van der Waals surface area (Å²) in [6.45, 7) is -3.94. The fourth-order valence-corrected chi connectivity index (χ4v) is 4.13. The average molecular weight is 701 g/mol. The van der Waals surface area contributed by atoms with Gasteiger partial charge in [-0.25, -0.2) is 8.78 Å². The van der Waals surface area contributed by atoms with Crippen molar-refractivity contribution in [1.29, 1.82) is 0 Å². The summed E-state index contributed by atoms with van der Waals surface area (Å²) in [7, 11) is 0.920. The normalized spacial score (nSPS) is 12.6. The zero-order chi connectivity index (χ0) is 35.0. The van der Waals surface area contributed by atoms with Gasteiger partial charge in [0.15, 0.2) is 11.5 Å². The van der Waals surface area contributed by atoms with Crippen LogP contribution in [0, 0.1) is 5.82 Å². The van der Waals surface area contributed by atoms with E-state index in [4.69, 9.17) is 16.3 Å². The summed E-state index contributed by atoms with van der Waals surface area (Å²) < 4.78 is 182. The van der Waals surface area contributed by atoms with Crippen molar-refractivity contribution < 1.29 is 76.1 Å². The molecule has 3 aromatic rings. The van der Waals surface area contributed by atoms with Crippen LogP contribution in [0.15, 0.2) is 48.5 Å². The molecule has 46 heavy (non-hydrogen) atoms. The van der Waals surface area contributed by atoms with E-state index in [9.17, 15) is 66.7 Å². The maximum atomic E-state index is 14.6. The molecule has 3 aromatic carbocycles. The van der Waals surface area contributed by atoms with Crippen LogP contribution < -0.4 is 20.1 Å². The number of rotatable bonds is 8. The van der Waals surface area contributed by atoms with Gasteiger partial charge in [-0.15, -0.1) is 0 Å². The Kier molecular flexibility index (Phi) is 10.0. The highest BCUT2D eigenvalue weighted by Crippen LogP contribution is 2.55. The molecule has 0 fully saturated rings. The molecule has 20 heteroatoms. The molecule has 0 saturated heterocycles. The van der Waals surface area contributed by atoms with E-state index >= 15 is 0 Å². The molecule has 0 aliphatic heterocycles. The van der Waals surface area contributed by atoms with E-state index in [0.717, 1.165) is 25.3 Å². The predicted molar refractivity (Wildman–Crippen MR) is 133 cm³/mol. The first-order chi connectivity index (χ1) is 21.0. The van der Waals surface area contributed by atoms with E-state index in [1.165, 1.54) is 0 Å². The monoisotopic (exact) mass is 700 g/mol. The Morgan fingerprint density at radius 3 is 1.96 bits per heavy atom. The number of hydrogen-bond donors (Lipinski definition) is 2. The Labute approximate surface area is 253 Å². The van der Waals surface area contributed by atoms with Crippen LogP contribution >= 0.6 is 11.6 Å². The highest BCUT2D eigenvalue weighted by atomic mass is 35.5. The van der Waals surface area contributed by atoms with E-state index in [1.54, 1.807) is 5.32 Å². The Morgan fingerprint density at radius 1 is 0.826 bits per heavy atom. The molecule has 0 unspecified atom stereocenters. The molecule has 0 aliphatic rings. The Bertz CT molecular complexity index is 1630. The molecule has 0 atom stereocenters. The third-order valence-electron chi connectivity index (χ3n) is 5.93. The first kappa shape index (κ1) is 36.1. The lowest BCUT2D eigenvalue weighted by atomic mass is 9.93. The minimum atomic E-state index is -6.66. The molecule has 0 radical (unpaired) electrons. The van der Waals surface area contributed by atoms with Gasteiger partial charge in [0.05, 0.1) is 28.9 Å². The highest BCUT2D eigenvalue weighted by Gasteiger charge is 2.73. The van der Waals surface area contributed by atoms with Gasteiger partial charge in [-0.1, -0.05) is 17.7 Å². The predicted octanol–water partition coefficient (Wildman–Crippen LogP) is 8.90. The van der Waals surface area contributed by atoms with E-state index < -0.39 is 105 Å². The van der Waals surface area contributed by atoms with Gasteiger partial charge in [0.2, 0.25) is 0 Å². The van der Waals surface area contributed by atoms with Crippen molar-refractivity contribution in [2.45, 2.75) is 30.8 Å². The number of halogens is 14. The third kappa shape index (κ3) is 7.18. The van der Waals surface area contributed by atoms with Crippen molar-refractivity contribution in [2.75, 3.05) is 17.7 Å². The zero-order valence-corrected chi connectivity index (χ0v) is 22.9. The number of benzene rings is 3. The smallest absolute Gasteiger partial charge is 0.435 e. The number of anilines is 2. The quantitative estimate of drug-likeness (QED) is 0.230. The number of para-hydroxylation sites is 1. The van der Waals surface area contributed by atoms with Crippen LogP contribution in [0.5, 0.6) is 11.5 Å². The summed E-state index contributed by atoms with van der Waals surface area (Å²) in [5, 5.41) is 2.58. The first-order valence-electron chi connectivity index (χ1n) is 11.8. The van der Waals surface area contributed by atoms with Crippen molar-refractivity contribution >= 4 is 34.8 Å². The van der Waals surface area contributed by atoms with Crippen LogP contribution in [0.4, 0.5) is 68.5 Å². The number of methoxy groups -OCH3 is 1. The van der Waals surface area contributed by atoms with Crippen LogP contribution in [0.2, 0.25) is 5.02 Å². The molecule has 0 saturated carbocycles. The largest absolute Gasteiger partial charge is 0.494 e. The van der Waals surface area contributed by atoms with Gasteiger partial charge in [-0.05, 0) is 42.5 Å². The van der Waals surface area contributed by atoms with Gasteiger partial charge < -0.3 is 20.1 Å². The van der Waals surface area contributed by atoms with Gasteiger partial charge in [0.1, 0.15) is 11.5 Å². The number of ether oxygens (including phenoxy) is 2. The average Bonchev–Trinajstić information content (AvgIpc) is 2.92. The number of hydrogen-bond acceptors (Lipinski definition) is 4. The molecule has 6 nitrogen and oxygen atoms in total. The van der Waals surface area contributed by atoms with Crippen LogP contribution in [-0.2, 0) is 11.8 Å². The van der Waals surface area contributed by atoms with Crippen LogP contribution in [0.3, 0.4) is 0 Å². The minimum absolute atomic E-state index is 0.188. The van der Waals surface area contributed by atoms with Crippen LogP contribution in [0.1, 0.15) is 31.8 Å². The number of amides is 2. The molecule has 3 rings (SSSR count). The number of nitrogens with one attached hydrogen (secondary N) is 2. The first-order valence-corrected chi connectivity index (χ1v) is 12.2. The van der Waals surface area contributed by atoms with Crippen molar-refractivity contribution in [3.8, 4) is 11.5 Å². The zero-order valence-electron chi connectivity index (χ0n) is 22.1. The van der Waals surface area contributed by atoms with Gasteiger partial charge in [0, 0.05) is 11.1 Å². The Hall–Kier alpha value is -4.42. The minimum Gasteiger partial charge on any atom is -0.494 e. The van der Waals surface area contributed by atoms with E-state index in [1.807, 2.05) is 0 Å². The molecule has 0 heterocycles. The molecule has 0 bridgehead atoms. The highest BCUT2D eigenvalue weighted by molar-refractivity contribution is 6.34. The second-order valence-electron chi connectivity index (χ2n) is 8.85. The Morgan fingerprint density at radius 2 is 1.43 bits per heavy atom. The maximum absolute atomic E-state index is 14.6. The number of alkyl halides is 12. The molecule has 0 spiro atoms. The van der Waals surface area contributed by atoms with Gasteiger partial charge >= 0.3 is 30.8 Å². The molecule has 250 valence electrons. The molecule has 2 N–H and O–H groups in total. The summed E-state index contributed by atoms with van der Waals surface area (Å²) >= 11 is 5.72. The topological polar surface area (TPSA) is 76.7 Å². The van der Waals surface area contributed by atoms with E-state index in [0.29, 0.717) is 12.1 Å². The summed E-state index contributed by atoms with van der Waals surface area (Å²) in [5.41, 5.74) is -13.1. The summed E-state index contributed by atoms with van der Waals surface area (Å²) in [5.74, 6) is -6.57. The van der Waals surface area contributed by atoms with E-state index in [2.05, 4.69) is 10.1 Å². The van der Waals surface area contributed by atoms with Crippen molar-refractivity contribution in [3.63, 3.8) is 0 Å². The van der Waals surface area contributed by atoms with Crippen LogP contribution in [0.25, 0.3) is 0 Å². The second-order valence-corrected chi connectivity index (χ2v) is 9.26. The fourth-order valence-electron chi connectivity index (χ4n) is 3.87. The van der Waals surface area contributed by atoms with Gasteiger partial charge in [0.25, 0.3) is 11.8 Å². The van der Waals surface area contributed by atoms with E-state index in [-0.39, 0.29) is 12.1 Å². The lowest BCUT2D eigenvalue weighted by molar-refractivity contribution is -0.348. The maximum Gasteiger partial charge on any atom is 0.435 e. The summed E-state index contributed by atoms with van der Waals surface area (Å²) in [6, 6.07) is 3.66. The summed E-state index contributed by atoms with van der Waals surface area (Å²) in [4.78, 5) is 25.7. The van der Waals surface area contributed by atoms with Crippen molar-refractivity contribution in [2.24, 2.45) is 0 Å². The van der Waals surface area contributed by atoms with Crippen molar-refractivity contribution in [1.82, 2.24) is 0 Å². The number of carbonyl (C=O) groups excluding carboxylic acids is 2. The van der Waals surface area contributed by atoms with Gasteiger partial charge in [-0.3, -0.25) is 9.59 Å².